The van der Waals surface area contributed by atoms with Gasteiger partial charge in [-0.2, -0.15) is 11.8 Å². The Balaban J connectivity index is 1.60. The van der Waals surface area contributed by atoms with E-state index in [1.807, 2.05) is 71.3 Å². The molecule has 0 spiro atoms. The average molecular weight is 498 g/mol. The van der Waals surface area contributed by atoms with Crippen LogP contribution in [0.3, 0.4) is 0 Å². The minimum atomic E-state index is -1.07. The predicted molar refractivity (Wildman–Crippen MR) is 138 cm³/mol. The Hall–Kier alpha value is -2.38. The van der Waals surface area contributed by atoms with Crippen LogP contribution in [0, 0.1) is 0 Å². The minimum Gasteiger partial charge on any atom is -0.511 e. The van der Waals surface area contributed by atoms with Gasteiger partial charge in [-0.05, 0) is 23.1 Å². The second-order valence-electron chi connectivity index (χ2n) is 8.99. The molecule has 1 atom stereocenters. The molecule has 2 aromatic rings. The number of carbonyl (C=O) groups excluding carboxylic acids is 2. The van der Waals surface area contributed by atoms with Crippen molar-refractivity contribution in [2.24, 2.45) is 0 Å². The van der Waals surface area contributed by atoms with Crippen LogP contribution in [0.5, 0.6) is 0 Å². The van der Waals surface area contributed by atoms with Gasteiger partial charge in [0.1, 0.15) is 16.3 Å². The van der Waals surface area contributed by atoms with Gasteiger partial charge in [0.15, 0.2) is 0 Å². The monoisotopic (exact) mass is 497 g/mol. The highest BCUT2D eigenvalue weighted by Gasteiger charge is 2.44. The molecule has 2 heterocycles. The molecule has 0 bridgehead atoms. The van der Waals surface area contributed by atoms with Crippen LogP contribution in [0.1, 0.15) is 50.2 Å². The standard InChI is InChI=1S/C27H31NO4S2/c1-19(2)21-10-6-7-11-23(21)34-25-22(29)18-27(32-26(25)31,20-8-4-3-5-9-20)13-12-24(30)28-14-16-33-17-15-28/h3-11,19,29H,12-18H2,1-2H3. The number of esters is 1. The lowest BCUT2D eigenvalue weighted by molar-refractivity contribution is -0.161. The smallest absolute Gasteiger partial charge is 0.349 e. The molecule has 34 heavy (non-hydrogen) atoms. The molecule has 1 fully saturated rings. The molecule has 2 aliphatic rings. The summed E-state index contributed by atoms with van der Waals surface area (Å²) >= 11 is 3.11. The normalized spacial score (nSPS) is 21.0. The van der Waals surface area contributed by atoms with E-state index < -0.39 is 11.6 Å². The Labute approximate surface area is 209 Å². The highest BCUT2D eigenvalue weighted by molar-refractivity contribution is 8.04. The molecule has 1 saturated heterocycles. The number of hydrogen-bond donors (Lipinski definition) is 1. The maximum absolute atomic E-state index is 13.3. The summed E-state index contributed by atoms with van der Waals surface area (Å²) in [4.78, 5) is 29.2. The Bertz CT molecular complexity index is 1060. The molecule has 0 aliphatic carbocycles. The highest BCUT2D eigenvalue weighted by Crippen LogP contribution is 2.46. The third-order valence-electron chi connectivity index (χ3n) is 6.35. The van der Waals surface area contributed by atoms with Crippen LogP contribution < -0.4 is 0 Å². The van der Waals surface area contributed by atoms with E-state index in [1.54, 1.807) is 0 Å². The van der Waals surface area contributed by atoms with Crippen molar-refractivity contribution in [1.82, 2.24) is 4.90 Å². The van der Waals surface area contributed by atoms with Gasteiger partial charge in [-0.15, -0.1) is 0 Å². The lowest BCUT2D eigenvalue weighted by Gasteiger charge is -2.38. The Morgan fingerprint density at radius 2 is 1.79 bits per heavy atom. The van der Waals surface area contributed by atoms with Crippen molar-refractivity contribution in [2.45, 2.75) is 49.5 Å². The first-order valence-electron chi connectivity index (χ1n) is 11.7. The number of hydrogen-bond acceptors (Lipinski definition) is 6. The fourth-order valence-corrected chi connectivity index (χ4v) is 6.46. The van der Waals surface area contributed by atoms with Crippen molar-refractivity contribution in [3.05, 3.63) is 76.4 Å². The van der Waals surface area contributed by atoms with Crippen molar-refractivity contribution in [3.63, 3.8) is 0 Å². The second-order valence-corrected chi connectivity index (χ2v) is 11.3. The predicted octanol–water partition coefficient (Wildman–Crippen LogP) is 5.87. The van der Waals surface area contributed by atoms with Crippen molar-refractivity contribution < 1.29 is 19.4 Å². The number of aliphatic hydroxyl groups is 1. The first-order valence-corrected chi connectivity index (χ1v) is 13.7. The zero-order chi connectivity index (χ0) is 24.1. The zero-order valence-corrected chi connectivity index (χ0v) is 21.3. The van der Waals surface area contributed by atoms with Gasteiger partial charge in [0, 0.05) is 42.3 Å². The Morgan fingerprint density at radius 3 is 2.47 bits per heavy atom. The number of aliphatic hydroxyl groups excluding tert-OH is 1. The Kier molecular flexibility index (Phi) is 7.94. The maximum Gasteiger partial charge on any atom is 0.349 e. The van der Waals surface area contributed by atoms with E-state index >= 15 is 0 Å². The molecule has 7 heteroatoms. The SMILES string of the molecule is CC(C)c1ccccc1SC1=C(O)CC(CCC(=O)N2CCSCC2)(c2ccccc2)OC1=O. The van der Waals surface area contributed by atoms with Crippen LogP contribution >= 0.6 is 23.5 Å². The number of cyclic esters (lactones) is 1. The summed E-state index contributed by atoms with van der Waals surface area (Å²) in [6.07, 6.45) is 0.743. The summed E-state index contributed by atoms with van der Waals surface area (Å²) in [7, 11) is 0. The van der Waals surface area contributed by atoms with E-state index in [0.29, 0.717) is 6.42 Å². The summed E-state index contributed by atoms with van der Waals surface area (Å²) in [5.74, 6) is 1.73. The van der Waals surface area contributed by atoms with Gasteiger partial charge in [-0.25, -0.2) is 4.79 Å². The van der Waals surface area contributed by atoms with Crippen LogP contribution in [0.2, 0.25) is 0 Å². The van der Waals surface area contributed by atoms with Crippen LogP contribution in [0.25, 0.3) is 0 Å². The number of benzene rings is 2. The van der Waals surface area contributed by atoms with Gasteiger partial charge in [-0.3, -0.25) is 4.79 Å². The Morgan fingerprint density at radius 1 is 1.12 bits per heavy atom. The molecular formula is C27H31NO4S2. The molecule has 0 saturated carbocycles. The van der Waals surface area contributed by atoms with E-state index in [4.69, 9.17) is 4.74 Å². The van der Waals surface area contributed by atoms with E-state index in [9.17, 15) is 14.7 Å². The third-order valence-corrected chi connectivity index (χ3v) is 8.49. The van der Waals surface area contributed by atoms with E-state index in [0.717, 1.165) is 40.6 Å². The molecule has 180 valence electrons. The van der Waals surface area contributed by atoms with Gasteiger partial charge < -0.3 is 14.7 Å². The van der Waals surface area contributed by atoms with E-state index in [-0.39, 0.29) is 35.3 Å². The summed E-state index contributed by atoms with van der Waals surface area (Å²) in [5, 5.41) is 11.1. The number of amides is 1. The second kappa shape index (κ2) is 10.9. The third kappa shape index (κ3) is 5.47. The van der Waals surface area contributed by atoms with Gasteiger partial charge in [0.2, 0.25) is 5.91 Å². The number of ether oxygens (including phenoxy) is 1. The highest BCUT2D eigenvalue weighted by atomic mass is 32.2. The van der Waals surface area contributed by atoms with Crippen LogP contribution in [-0.4, -0.2) is 46.5 Å². The average Bonchev–Trinajstić information content (AvgIpc) is 2.86. The van der Waals surface area contributed by atoms with Gasteiger partial charge in [-0.1, -0.05) is 74.1 Å². The first kappa shape index (κ1) is 24.7. The lowest BCUT2D eigenvalue weighted by atomic mass is 9.83. The minimum absolute atomic E-state index is 0.0190. The summed E-state index contributed by atoms with van der Waals surface area (Å²) in [6.45, 7) is 5.71. The largest absolute Gasteiger partial charge is 0.511 e. The van der Waals surface area contributed by atoms with Crippen molar-refractivity contribution in [2.75, 3.05) is 24.6 Å². The van der Waals surface area contributed by atoms with Gasteiger partial charge in [0.25, 0.3) is 0 Å². The quantitative estimate of drug-likeness (QED) is 0.483. The lowest BCUT2D eigenvalue weighted by Crippen LogP contribution is -2.41. The van der Waals surface area contributed by atoms with Crippen LogP contribution in [0.4, 0.5) is 0 Å². The fourth-order valence-electron chi connectivity index (χ4n) is 4.46. The number of rotatable bonds is 7. The van der Waals surface area contributed by atoms with Crippen LogP contribution in [-0.2, 0) is 19.9 Å². The summed E-state index contributed by atoms with van der Waals surface area (Å²) in [6, 6.07) is 17.4. The molecule has 1 unspecified atom stereocenters. The molecule has 5 nitrogen and oxygen atoms in total. The van der Waals surface area contributed by atoms with Gasteiger partial charge in [0.05, 0.1) is 6.42 Å². The summed E-state index contributed by atoms with van der Waals surface area (Å²) in [5.41, 5.74) is 0.846. The zero-order valence-electron chi connectivity index (χ0n) is 19.7. The van der Waals surface area contributed by atoms with Crippen molar-refractivity contribution in [1.29, 1.82) is 0 Å². The molecule has 0 aromatic heterocycles. The van der Waals surface area contributed by atoms with E-state index in [1.165, 1.54) is 11.8 Å². The van der Waals surface area contributed by atoms with Crippen molar-refractivity contribution in [3.8, 4) is 0 Å². The molecule has 2 aliphatic heterocycles. The molecule has 1 N–H and O–H groups in total. The molecule has 4 rings (SSSR count). The molecule has 2 aromatic carbocycles. The molecular weight excluding hydrogens is 466 g/mol. The van der Waals surface area contributed by atoms with Gasteiger partial charge >= 0.3 is 5.97 Å². The van der Waals surface area contributed by atoms with Crippen molar-refractivity contribution >= 4 is 35.4 Å². The first-order chi connectivity index (χ1) is 16.4. The number of nitrogens with zero attached hydrogens (tertiary/aromatic N) is 1. The summed E-state index contributed by atoms with van der Waals surface area (Å²) < 4.78 is 6.10. The number of thioether (sulfide) groups is 2. The maximum atomic E-state index is 13.3. The fraction of sp³-hybridized carbons (Fsp3) is 0.407. The molecule has 0 radical (unpaired) electrons. The number of carbonyl (C=O) groups is 2. The molecule has 1 amide bonds. The topological polar surface area (TPSA) is 66.8 Å². The van der Waals surface area contributed by atoms with E-state index in [2.05, 4.69) is 13.8 Å². The van der Waals surface area contributed by atoms with Crippen LogP contribution in [0.15, 0.2) is 70.2 Å².